The normalized spacial score (nSPS) is 21.8. The first-order chi connectivity index (χ1) is 7.16. The first kappa shape index (κ1) is 10.2. The SMILES string of the molecule is CN1CCC(c2cccc(C(=O)O)c2)C1. The molecule has 1 saturated heterocycles. The monoisotopic (exact) mass is 205 g/mol. The molecule has 1 aromatic rings. The second-order valence-corrected chi connectivity index (χ2v) is 4.18. The van der Waals surface area contributed by atoms with Crippen LogP contribution in [0.15, 0.2) is 24.3 Å². The summed E-state index contributed by atoms with van der Waals surface area (Å²) in [6.07, 6.45) is 1.12. The number of carboxylic acid groups (broad SMARTS) is 1. The molecule has 1 aliphatic rings. The van der Waals surface area contributed by atoms with Gasteiger partial charge >= 0.3 is 5.97 Å². The van der Waals surface area contributed by atoms with Crippen molar-refractivity contribution in [2.45, 2.75) is 12.3 Å². The van der Waals surface area contributed by atoms with Gasteiger partial charge in [-0.2, -0.15) is 0 Å². The lowest BCUT2D eigenvalue weighted by atomic mass is 9.97. The van der Waals surface area contributed by atoms with E-state index in [2.05, 4.69) is 11.9 Å². The predicted molar refractivity (Wildman–Crippen MR) is 58.3 cm³/mol. The lowest BCUT2D eigenvalue weighted by molar-refractivity contribution is 0.0696. The van der Waals surface area contributed by atoms with Gasteiger partial charge in [-0.1, -0.05) is 12.1 Å². The van der Waals surface area contributed by atoms with Crippen LogP contribution in [0.2, 0.25) is 0 Å². The van der Waals surface area contributed by atoms with E-state index < -0.39 is 5.97 Å². The van der Waals surface area contributed by atoms with Crippen LogP contribution in [-0.2, 0) is 0 Å². The molecule has 1 aliphatic heterocycles. The van der Waals surface area contributed by atoms with Crippen LogP contribution in [0.4, 0.5) is 0 Å². The maximum absolute atomic E-state index is 10.8. The topological polar surface area (TPSA) is 40.5 Å². The highest BCUT2D eigenvalue weighted by Crippen LogP contribution is 2.26. The molecular formula is C12H15NO2. The number of nitrogens with zero attached hydrogens (tertiary/aromatic N) is 1. The average Bonchev–Trinajstić information content (AvgIpc) is 2.65. The number of hydrogen-bond acceptors (Lipinski definition) is 2. The average molecular weight is 205 g/mol. The zero-order valence-electron chi connectivity index (χ0n) is 8.81. The van der Waals surface area contributed by atoms with Crippen molar-refractivity contribution in [3.8, 4) is 0 Å². The molecule has 3 heteroatoms. The van der Waals surface area contributed by atoms with Gasteiger partial charge in [-0.05, 0) is 43.6 Å². The molecule has 0 spiro atoms. The number of benzene rings is 1. The highest BCUT2D eigenvalue weighted by atomic mass is 16.4. The molecule has 1 fully saturated rings. The Hall–Kier alpha value is -1.35. The molecule has 0 bridgehead atoms. The molecule has 0 aliphatic carbocycles. The minimum atomic E-state index is -0.844. The predicted octanol–water partition coefficient (Wildman–Crippen LogP) is 1.80. The van der Waals surface area contributed by atoms with Crippen molar-refractivity contribution in [1.29, 1.82) is 0 Å². The van der Waals surface area contributed by atoms with Gasteiger partial charge in [0, 0.05) is 6.54 Å². The van der Waals surface area contributed by atoms with Crippen molar-refractivity contribution >= 4 is 5.97 Å². The number of aromatic carboxylic acids is 1. The van der Waals surface area contributed by atoms with Crippen LogP contribution < -0.4 is 0 Å². The molecule has 80 valence electrons. The van der Waals surface area contributed by atoms with Crippen LogP contribution in [0.1, 0.15) is 28.3 Å². The Balaban J connectivity index is 2.21. The molecule has 3 nitrogen and oxygen atoms in total. The third kappa shape index (κ3) is 2.18. The number of carbonyl (C=O) groups is 1. The summed E-state index contributed by atoms with van der Waals surface area (Å²) in [6.45, 7) is 2.13. The molecule has 0 aromatic heterocycles. The Bertz CT molecular complexity index is 376. The summed E-state index contributed by atoms with van der Waals surface area (Å²) in [4.78, 5) is 13.1. The van der Waals surface area contributed by atoms with Crippen LogP contribution in [0.5, 0.6) is 0 Å². The molecule has 1 heterocycles. The molecule has 0 saturated carbocycles. The van der Waals surface area contributed by atoms with Crippen molar-refractivity contribution < 1.29 is 9.90 Å². The van der Waals surface area contributed by atoms with Crippen LogP contribution in [0.3, 0.4) is 0 Å². The van der Waals surface area contributed by atoms with Crippen molar-refractivity contribution in [3.05, 3.63) is 35.4 Å². The molecule has 1 aromatic carbocycles. The van der Waals surface area contributed by atoms with Gasteiger partial charge in [0.05, 0.1) is 5.56 Å². The van der Waals surface area contributed by atoms with Gasteiger partial charge in [0.25, 0.3) is 0 Å². The Kier molecular flexibility index (Phi) is 2.73. The summed E-state index contributed by atoms with van der Waals surface area (Å²) in [5.41, 5.74) is 1.54. The van der Waals surface area contributed by atoms with Crippen LogP contribution in [0, 0.1) is 0 Å². The third-order valence-electron chi connectivity index (χ3n) is 3.00. The second-order valence-electron chi connectivity index (χ2n) is 4.18. The Morgan fingerprint density at radius 1 is 1.53 bits per heavy atom. The van der Waals surface area contributed by atoms with Gasteiger partial charge in [0.15, 0.2) is 0 Å². The van der Waals surface area contributed by atoms with Gasteiger partial charge < -0.3 is 10.0 Å². The quantitative estimate of drug-likeness (QED) is 0.800. The number of carboxylic acids is 1. The van der Waals surface area contributed by atoms with Gasteiger partial charge in [-0.15, -0.1) is 0 Å². The fraction of sp³-hybridized carbons (Fsp3) is 0.417. The van der Waals surface area contributed by atoms with Crippen molar-refractivity contribution in [3.63, 3.8) is 0 Å². The molecule has 0 amide bonds. The molecule has 15 heavy (non-hydrogen) atoms. The molecule has 1 N–H and O–H groups in total. The largest absolute Gasteiger partial charge is 0.478 e. The number of likely N-dealkylation sites (tertiary alicyclic amines) is 1. The van der Waals surface area contributed by atoms with Crippen molar-refractivity contribution in [2.75, 3.05) is 20.1 Å². The highest BCUT2D eigenvalue weighted by Gasteiger charge is 2.21. The van der Waals surface area contributed by atoms with Crippen LogP contribution in [-0.4, -0.2) is 36.1 Å². The lowest BCUT2D eigenvalue weighted by Gasteiger charge is -2.11. The number of likely N-dealkylation sites (N-methyl/N-ethyl adjacent to an activating group) is 1. The van der Waals surface area contributed by atoms with E-state index in [1.807, 2.05) is 12.1 Å². The van der Waals surface area contributed by atoms with E-state index in [1.54, 1.807) is 12.1 Å². The smallest absolute Gasteiger partial charge is 0.335 e. The molecule has 1 unspecified atom stereocenters. The summed E-state index contributed by atoms with van der Waals surface area (Å²) in [7, 11) is 2.10. The van der Waals surface area contributed by atoms with E-state index in [9.17, 15) is 4.79 Å². The summed E-state index contributed by atoms with van der Waals surface area (Å²) in [5, 5.41) is 8.89. The molecule has 2 rings (SSSR count). The van der Waals surface area contributed by atoms with E-state index >= 15 is 0 Å². The van der Waals surface area contributed by atoms with E-state index in [4.69, 9.17) is 5.11 Å². The molecular weight excluding hydrogens is 190 g/mol. The zero-order chi connectivity index (χ0) is 10.8. The van der Waals surface area contributed by atoms with Crippen LogP contribution in [0.25, 0.3) is 0 Å². The van der Waals surface area contributed by atoms with Crippen LogP contribution >= 0.6 is 0 Å². The van der Waals surface area contributed by atoms with Gasteiger partial charge in [0.2, 0.25) is 0 Å². The highest BCUT2D eigenvalue weighted by molar-refractivity contribution is 5.87. The summed E-state index contributed by atoms with van der Waals surface area (Å²) < 4.78 is 0. The summed E-state index contributed by atoms with van der Waals surface area (Å²) in [5.74, 6) is -0.350. The molecule has 1 atom stereocenters. The van der Waals surface area contributed by atoms with Crippen molar-refractivity contribution in [2.24, 2.45) is 0 Å². The van der Waals surface area contributed by atoms with E-state index in [0.29, 0.717) is 11.5 Å². The maximum atomic E-state index is 10.8. The second kappa shape index (κ2) is 4.03. The number of rotatable bonds is 2. The minimum Gasteiger partial charge on any atom is -0.478 e. The number of hydrogen-bond donors (Lipinski definition) is 1. The molecule has 0 radical (unpaired) electrons. The minimum absolute atomic E-state index is 0.391. The first-order valence-corrected chi connectivity index (χ1v) is 5.18. The summed E-state index contributed by atoms with van der Waals surface area (Å²) in [6, 6.07) is 7.30. The first-order valence-electron chi connectivity index (χ1n) is 5.18. The fourth-order valence-corrected chi connectivity index (χ4v) is 2.13. The third-order valence-corrected chi connectivity index (χ3v) is 3.00. The van der Waals surface area contributed by atoms with Gasteiger partial charge in [-0.3, -0.25) is 0 Å². The zero-order valence-corrected chi connectivity index (χ0v) is 8.81. The lowest BCUT2D eigenvalue weighted by Crippen LogP contribution is -2.13. The van der Waals surface area contributed by atoms with Gasteiger partial charge in [-0.25, -0.2) is 4.79 Å². The van der Waals surface area contributed by atoms with Gasteiger partial charge in [0.1, 0.15) is 0 Å². The standard InChI is InChI=1S/C12H15NO2/c1-13-6-5-11(8-13)9-3-2-4-10(7-9)12(14)15/h2-4,7,11H,5-6,8H2,1H3,(H,14,15). The fourth-order valence-electron chi connectivity index (χ4n) is 2.13. The van der Waals surface area contributed by atoms with E-state index in [0.717, 1.165) is 25.1 Å². The van der Waals surface area contributed by atoms with Crippen molar-refractivity contribution in [1.82, 2.24) is 4.90 Å². The Morgan fingerprint density at radius 2 is 2.33 bits per heavy atom. The van der Waals surface area contributed by atoms with E-state index in [-0.39, 0.29) is 0 Å². The van der Waals surface area contributed by atoms with E-state index in [1.165, 1.54) is 0 Å². The Morgan fingerprint density at radius 3 is 2.93 bits per heavy atom. The summed E-state index contributed by atoms with van der Waals surface area (Å²) >= 11 is 0. The Labute approximate surface area is 89.3 Å². The maximum Gasteiger partial charge on any atom is 0.335 e.